The van der Waals surface area contributed by atoms with Crippen LogP contribution in [0.4, 0.5) is 5.69 Å². The lowest BCUT2D eigenvalue weighted by Crippen LogP contribution is -2.13. The minimum Gasteiger partial charge on any atom is -0.378 e. The first-order valence-electron chi connectivity index (χ1n) is 6.64. The molecule has 0 amide bonds. The van der Waals surface area contributed by atoms with E-state index in [1.807, 2.05) is 48.5 Å². The van der Waals surface area contributed by atoms with Crippen LogP contribution in [0.25, 0.3) is 10.8 Å². The van der Waals surface area contributed by atoms with E-state index in [0.717, 1.165) is 11.3 Å². The Labute approximate surface area is 118 Å². The first kappa shape index (κ1) is 12.4. The molecule has 0 saturated heterocycles. The third kappa shape index (κ3) is 2.69. The molecule has 0 aliphatic heterocycles. The van der Waals surface area contributed by atoms with Crippen molar-refractivity contribution in [2.75, 3.05) is 11.9 Å². The molecule has 0 fully saturated rings. The summed E-state index contributed by atoms with van der Waals surface area (Å²) in [5, 5.41) is 5.56. The van der Waals surface area contributed by atoms with Gasteiger partial charge in [-0.1, -0.05) is 60.7 Å². The van der Waals surface area contributed by atoms with Crippen LogP contribution in [-0.4, -0.2) is 12.3 Å². The maximum absolute atomic E-state index is 12.0. The molecular formula is C18H15NO. The lowest BCUT2D eigenvalue weighted by atomic mass is 10.1. The summed E-state index contributed by atoms with van der Waals surface area (Å²) in [6.07, 6.45) is 0. The number of hydrogen-bond acceptors (Lipinski definition) is 2. The second-order valence-corrected chi connectivity index (χ2v) is 4.70. The molecule has 20 heavy (non-hydrogen) atoms. The summed E-state index contributed by atoms with van der Waals surface area (Å²) in [4.78, 5) is 12.0. The molecule has 0 atom stereocenters. The van der Waals surface area contributed by atoms with Crippen LogP contribution in [0.15, 0.2) is 72.8 Å². The molecule has 0 radical (unpaired) electrons. The molecule has 0 bridgehead atoms. The van der Waals surface area contributed by atoms with E-state index in [-0.39, 0.29) is 5.78 Å². The van der Waals surface area contributed by atoms with E-state index in [4.69, 9.17) is 0 Å². The molecule has 0 aliphatic carbocycles. The van der Waals surface area contributed by atoms with Gasteiger partial charge >= 0.3 is 0 Å². The predicted molar refractivity (Wildman–Crippen MR) is 83.2 cm³/mol. The Morgan fingerprint density at radius 2 is 1.50 bits per heavy atom. The van der Waals surface area contributed by atoms with Gasteiger partial charge in [0.05, 0.1) is 6.54 Å². The SMILES string of the molecule is O=C(CNc1ccc2ccccc2c1)c1ccccc1. The monoisotopic (exact) mass is 261 g/mol. The zero-order chi connectivity index (χ0) is 13.8. The summed E-state index contributed by atoms with van der Waals surface area (Å²) in [5.74, 6) is 0.0961. The van der Waals surface area contributed by atoms with Crippen LogP contribution in [0.2, 0.25) is 0 Å². The molecule has 0 unspecified atom stereocenters. The highest BCUT2D eigenvalue weighted by Crippen LogP contribution is 2.18. The molecule has 3 aromatic rings. The second-order valence-electron chi connectivity index (χ2n) is 4.70. The fraction of sp³-hybridized carbons (Fsp3) is 0.0556. The van der Waals surface area contributed by atoms with Crippen LogP contribution >= 0.6 is 0 Å². The number of nitrogens with one attached hydrogen (secondary N) is 1. The minimum atomic E-state index is 0.0961. The number of benzene rings is 3. The van der Waals surface area contributed by atoms with Crippen molar-refractivity contribution in [3.05, 3.63) is 78.4 Å². The van der Waals surface area contributed by atoms with E-state index < -0.39 is 0 Å². The van der Waals surface area contributed by atoms with Gasteiger partial charge < -0.3 is 5.32 Å². The van der Waals surface area contributed by atoms with Crippen molar-refractivity contribution in [3.63, 3.8) is 0 Å². The average molecular weight is 261 g/mol. The number of rotatable bonds is 4. The largest absolute Gasteiger partial charge is 0.378 e. The van der Waals surface area contributed by atoms with Crippen molar-refractivity contribution in [2.24, 2.45) is 0 Å². The Kier molecular flexibility index (Phi) is 3.46. The smallest absolute Gasteiger partial charge is 0.181 e. The summed E-state index contributed by atoms with van der Waals surface area (Å²) in [6.45, 7) is 0.308. The van der Waals surface area contributed by atoms with E-state index >= 15 is 0 Å². The highest BCUT2D eigenvalue weighted by molar-refractivity contribution is 5.99. The molecular weight excluding hydrogens is 246 g/mol. The third-order valence-corrected chi connectivity index (χ3v) is 3.30. The maximum Gasteiger partial charge on any atom is 0.181 e. The van der Waals surface area contributed by atoms with E-state index in [1.54, 1.807) is 0 Å². The van der Waals surface area contributed by atoms with Gasteiger partial charge in [-0.2, -0.15) is 0 Å². The van der Waals surface area contributed by atoms with Gasteiger partial charge in [-0.15, -0.1) is 0 Å². The van der Waals surface area contributed by atoms with E-state index in [2.05, 4.69) is 29.6 Å². The number of ketones is 1. The normalized spacial score (nSPS) is 10.4. The van der Waals surface area contributed by atoms with Gasteiger partial charge in [-0.25, -0.2) is 0 Å². The number of hydrogen-bond donors (Lipinski definition) is 1. The molecule has 0 saturated carbocycles. The Balaban J connectivity index is 1.72. The van der Waals surface area contributed by atoms with Gasteiger partial charge in [0.15, 0.2) is 5.78 Å². The van der Waals surface area contributed by atoms with Crippen molar-refractivity contribution in [1.82, 2.24) is 0 Å². The summed E-state index contributed by atoms with van der Waals surface area (Å²) >= 11 is 0. The van der Waals surface area contributed by atoms with Crippen molar-refractivity contribution < 1.29 is 4.79 Å². The summed E-state index contributed by atoms with van der Waals surface area (Å²) < 4.78 is 0. The van der Waals surface area contributed by atoms with Gasteiger partial charge in [0.1, 0.15) is 0 Å². The predicted octanol–water partition coefficient (Wildman–Crippen LogP) is 4.13. The first-order chi connectivity index (χ1) is 9.83. The molecule has 3 rings (SSSR count). The molecule has 0 heterocycles. The van der Waals surface area contributed by atoms with Crippen molar-refractivity contribution in [1.29, 1.82) is 0 Å². The lowest BCUT2D eigenvalue weighted by molar-refractivity contribution is 0.101. The van der Waals surface area contributed by atoms with E-state index in [1.165, 1.54) is 10.8 Å². The van der Waals surface area contributed by atoms with E-state index in [0.29, 0.717) is 6.54 Å². The van der Waals surface area contributed by atoms with E-state index in [9.17, 15) is 4.79 Å². The quantitative estimate of drug-likeness (QED) is 0.715. The van der Waals surface area contributed by atoms with Crippen LogP contribution in [0.3, 0.4) is 0 Å². The van der Waals surface area contributed by atoms with Crippen LogP contribution in [0.1, 0.15) is 10.4 Å². The van der Waals surface area contributed by atoms with Crippen molar-refractivity contribution in [3.8, 4) is 0 Å². The number of anilines is 1. The van der Waals surface area contributed by atoms with Gasteiger partial charge in [-0.3, -0.25) is 4.79 Å². The number of carbonyl (C=O) groups excluding carboxylic acids is 1. The van der Waals surface area contributed by atoms with Gasteiger partial charge in [0, 0.05) is 11.3 Å². The number of carbonyl (C=O) groups is 1. The zero-order valence-electron chi connectivity index (χ0n) is 11.0. The Bertz CT molecular complexity index is 735. The Morgan fingerprint density at radius 1 is 0.800 bits per heavy atom. The van der Waals surface area contributed by atoms with Crippen LogP contribution in [-0.2, 0) is 0 Å². The zero-order valence-corrected chi connectivity index (χ0v) is 11.0. The Morgan fingerprint density at radius 3 is 2.30 bits per heavy atom. The highest BCUT2D eigenvalue weighted by Gasteiger charge is 2.04. The van der Waals surface area contributed by atoms with Crippen LogP contribution in [0, 0.1) is 0 Å². The molecule has 3 aromatic carbocycles. The van der Waals surface area contributed by atoms with Crippen molar-refractivity contribution >= 4 is 22.2 Å². The second kappa shape index (κ2) is 5.57. The third-order valence-electron chi connectivity index (χ3n) is 3.30. The molecule has 0 aromatic heterocycles. The average Bonchev–Trinajstić information content (AvgIpc) is 2.53. The summed E-state index contributed by atoms with van der Waals surface area (Å²) in [6, 6.07) is 23.6. The summed E-state index contributed by atoms with van der Waals surface area (Å²) in [7, 11) is 0. The molecule has 2 nitrogen and oxygen atoms in total. The molecule has 2 heteroatoms. The molecule has 1 N–H and O–H groups in total. The van der Waals surface area contributed by atoms with Gasteiger partial charge in [-0.05, 0) is 22.9 Å². The fourth-order valence-corrected chi connectivity index (χ4v) is 2.21. The number of fused-ring (bicyclic) bond motifs is 1. The lowest BCUT2D eigenvalue weighted by Gasteiger charge is -2.07. The molecule has 0 spiro atoms. The topological polar surface area (TPSA) is 29.1 Å². The fourth-order valence-electron chi connectivity index (χ4n) is 2.21. The maximum atomic E-state index is 12.0. The van der Waals surface area contributed by atoms with Crippen molar-refractivity contribution in [2.45, 2.75) is 0 Å². The molecule has 0 aliphatic rings. The Hall–Kier alpha value is -2.61. The van der Waals surface area contributed by atoms with Crippen LogP contribution < -0.4 is 5.32 Å². The summed E-state index contributed by atoms with van der Waals surface area (Å²) in [5.41, 5.74) is 1.70. The van der Waals surface area contributed by atoms with Crippen LogP contribution in [0.5, 0.6) is 0 Å². The standard InChI is InChI=1S/C18H15NO/c20-18(15-7-2-1-3-8-15)13-19-17-11-10-14-6-4-5-9-16(14)12-17/h1-12,19H,13H2. The highest BCUT2D eigenvalue weighted by atomic mass is 16.1. The first-order valence-corrected chi connectivity index (χ1v) is 6.64. The minimum absolute atomic E-state index is 0.0961. The molecule has 98 valence electrons. The number of Topliss-reactive ketones (excluding diaryl/α,β-unsaturated/α-hetero) is 1. The van der Waals surface area contributed by atoms with Gasteiger partial charge in [0.25, 0.3) is 0 Å². The van der Waals surface area contributed by atoms with Gasteiger partial charge in [0.2, 0.25) is 0 Å².